The SMILES string of the molecule is COC(=O)CC(C(=O)N1CCC[C@H]1C(C)C)=C(C)C.COC(=O)C[C@H](C(=O)N1C2CCC(C2)[C@H]1C(C)C)C(C)C.COC(=O)C[C@H](C(=O)N1C[C@H](F)C[C@H]1C(C)C)C(C)C.COC(=O)C[C@H](C(=O)N1[C@H](C(C)C)CC2CCC[C@@H]21)C(C)C.COC(=O)C[C@H](C(=O)N1[C@H](C(C)C)CCC1(C)C)C(C)C.COC(=O)C[C@H](C(=O)N1c2ccccc2C[C@H]1C(C)C)C(C)C. The molecule has 126 heavy (non-hydrogen) atoms. The van der Waals surface area contributed by atoms with Crippen LogP contribution < -0.4 is 4.90 Å². The van der Waals surface area contributed by atoms with Crippen LogP contribution in [0.5, 0.6) is 0 Å². The Bertz CT molecular complexity index is 3750. The molecule has 0 spiro atoms. The second kappa shape index (κ2) is 51.2. The molecule has 2 aliphatic carbocycles. The Hall–Kier alpha value is -7.47. The zero-order valence-corrected chi connectivity index (χ0v) is 83.7. The lowest BCUT2D eigenvalue weighted by atomic mass is 9.86. The summed E-state index contributed by atoms with van der Waals surface area (Å²) in [5.41, 5.74) is 3.55. The molecule has 7 fully saturated rings. The Morgan fingerprint density at radius 1 is 0.413 bits per heavy atom. The van der Waals surface area contributed by atoms with Crippen molar-refractivity contribution < 1.29 is 90.3 Å². The molecule has 1 aromatic rings. The lowest BCUT2D eigenvalue weighted by Crippen LogP contribution is -2.52. The number of methoxy groups -OCH3 is 6. The minimum absolute atomic E-state index is 0.00148. The van der Waals surface area contributed by atoms with E-state index in [0.717, 1.165) is 75.6 Å². The lowest BCUT2D eigenvalue weighted by molar-refractivity contribution is -0.151. The summed E-state index contributed by atoms with van der Waals surface area (Å²) in [6, 6.07) is 10.2. The van der Waals surface area contributed by atoms with Crippen LogP contribution in [-0.2, 0) is 92.4 Å². The molecule has 1 aromatic carbocycles. The van der Waals surface area contributed by atoms with E-state index in [0.29, 0.717) is 83.6 Å². The fraction of sp³-hybridized carbons (Fsp3) is 0.802. The number of amides is 6. The van der Waals surface area contributed by atoms with Crippen molar-refractivity contribution in [1.82, 2.24) is 24.5 Å². The summed E-state index contributed by atoms with van der Waals surface area (Å²) in [5.74, 6) is 1.10. The number of nitrogens with zero attached hydrogens (tertiary/aromatic N) is 6. The zero-order chi connectivity index (χ0) is 95.7. The van der Waals surface area contributed by atoms with E-state index in [1.807, 2.05) is 130 Å². The number of carbonyl (C=O) groups excluding carboxylic acids is 12. The molecule has 718 valence electrons. The number of carbonyl (C=O) groups is 12. The van der Waals surface area contributed by atoms with Gasteiger partial charge in [0.1, 0.15) is 6.17 Å². The fourth-order valence-corrected chi connectivity index (χ4v) is 20.6. The molecule has 24 nitrogen and oxygen atoms in total. The standard InChI is InChI=1S/C19H27NO3.C18H31NO3.C17H29NO3.C17H31NO3.C15H26FNO3.C15H25NO3/c1-12(2)15(11-18(21)23-5)19(22)20-16-9-7-6-8-14(16)10-17(20)13(3)4;1-11(2)14(10-17(20)22-5)18(21)19-15-8-6-7-13(15)9-16(19)12(3)4;1-10(2)14(9-15(19)21-5)17(20)18-13-7-6-12(8-13)16(18)11(3)4;1-11(2)13(10-15(19)21-7)16(20)18-14(12(3)4)8-9-17(18,5)6;1-9(2)12(7-14(18)20-5)15(19)17-8-11(16)6-13(17)10(3)4;1-10(2)12(9-14(17)19-5)15(18)16-8-6-7-13(16)11(3)4/h6-9,12-13,15,17H,10-11H2,1-5H3;11-16H,6-10H2,1-5H3;10-14,16H,6-9H2,1-5H3;11-14H,8-10H2,1-7H3;9-13H,6-8H2,1-5H3;11,13H,6-9H2,1-5H3/t15-,17-;13?,14-,15-,16-;12?,13?,14-,16+;13-,14-;11-,12+,13+;13-/m000010/s1. The number of fused-ring (bicyclic) bond motifs is 4. The normalized spacial score (nSPS) is 23.7. The van der Waals surface area contributed by atoms with Crippen LogP contribution in [0.1, 0.15) is 301 Å². The van der Waals surface area contributed by atoms with Gasteiger partial charge in [-0.3, -0.25) is 57.5 Å². The van der Waals surface area contributed by atoms with Gasteiger partial charge in [0.05, 0.1) is 117 Å². The van der Waals surface area contributed by atoms with Crippen LogP contribution in [0.2, 0.25) is 0 Å². The van der Waals surface area contributed by atoms with Crippen LogP contribution in [0, 0.1) is 107 Å². The molecule has 6 amide bonds. The van der Waals surface area contributed by atoms with Gasteiger partial charge in [0.25, 0.3) is 5.91 Å². The largest absolute Gasteiger partial charge is 0.469 e. The molecule has 9 rings (SSSR count). The Morgan fingerprint density at radius 3 is 1.27 bits per heavy atom. The number of alkyl halides is 1. The fourth-order valence-electron chi connectivity index (χ4n) is 20.6. The first kappa shape index (κ1) is 111. The van der Waals surface area contributed by atoms with Crippen LogP contribution in [0.3, 0.4) is 0 Å². The number of hydrogen-bond donors (Lipinski definition) is 0. The minimum atomic E-state index is -0.961. The predicted molar refractivity (Wildman–Crippen MR) is 492 cm³/mol. The number of piperidine rings is 1. The maximum atomic E-state index is 13.7. The Labute approximate surface area is 758 Å². The number of rotatable bonds is 29. The van der Waals surface area contributed by atoms with E-state index >= 15 is 0 Å². The van der Waals surface area contributed by atoms with Gasteiger partial charge in [0, 0.05) is 78.1 Å². The molecular weight excluding hydrogens is 1600 g/mol. The first-order chi connectivity index (χ1) is 58.9. The molecular formula is C101H169FN6O18. The van der Waals surface area contributed by atoms with Crippen molar-refractivity contribution in [2.75, 3.05) is 60.6 Å². The summed E-state index contributed by atoms with van der Waals surface area (Å²) in [5, 5.41) is 0. The molecule has 0 radical (unpaired) electrons. The van der Waals surface area contributed by atoms with Gasteiger partial charge in [-0.2, -0.15) is 0 Å². The number of allylic oxidation sites excluding steroid dienone is 1. The van der Waals surface area contributed by atoms with Crippen molar-refractivity contribution in [3.05, 3.63) is 41.0 Å². The second-order valence-electron chi connectivity index (χ2n) is 41.5. The van der Waals surface area contributed by atoms with Crippen molar-refractivity contribution in [3.63, 3.8) is 0 Å². The Morgan fingerprint density at radius 2 is 0.841 bits per heavy atom. The average Bonchev–Trinajstić information content (AvgIpc) is 1.62. The lowest BCUT2D eigenvalue weighted by Gasteiger charge is -2.40. The molecule has 6 heterocycles. The van der Waals surface area contributed by atoms with Gasteiger partial charge >= 0.3 is 35.8 Å². The highest BCUT2D eigenvalue weighted by Gasteiger charge is 2.53. The molecule has 0 aromatic heterocycles. The third-order valence-electron chi connectivity index (χ3n) is 28.3. The van der Waals surface area contributed by atoms with Gasteiger partial charge in [-0.1, -0.05) is 183 Å². The van der Waals surface area contributed by atoms with E-state index in [9.17, 15) is 61.9 Å². The number of esters is 6. The van der Waals surface area contributed by atoms with Gasteiger partial charge in [-0.05, 0) is 187 Å². The number of anilines is 1. The average molecular weight is 1770 g/mol. The van der Waals surface area contributed by atoms with Crippen LogP contribution >= 0.6 is 0 Å². The maximum Gasteiger partial charge on any atom is 0.310 e. The van der Waals surface area contributed by atoms with Crippen LogP contribution in [0.25, 0.3) is 0 Å². The Balaban J connectivity index is 0.000000317. The van der Waals surface area contributed by atoms with Gasteiger partial charge in [-0.25, -0.2) is 4.39 Å². The van der Waals surface area contributed by atoms with Crippen molar-refractivity contribution in [2.24, 2.45) is 107 Å². The van der Waals surface area contributed by atoms with Crippen molar-refractivity contribution in [1.29, 1.82) is 0 Å². The molecule has 2 bridgehead atoms. The highest BCUT2D eigenvalue weighted by molar-refractivity contribution is 6.00. The predicted octanol–water partition coefficient (Wildman–Crippen LogP) is 17.7. The van der Waals surface area contributed by atoms with Gasteiger partial charge in [0.15, 0.2) is 0 Å². The summed E-state index contributed by atoms with van der Waals surface area (Å²) >= 11 is 0. The van der Waals surface area contributed by atoms with E-state index in [1.54, 1.807) is 4.90 Å². The van der Waals surface area contributed by atoms with Crippen molar-refractivity contribution in [3.8, 4) is 0 Å². The molecule has 2 saturated carbocycles. The molecule has 8 aliphatic rings. The summed E-state index contributed by atoms with van der Waals surface area (Å²) < 4.78 is 42.1. The topological polar surface area (TPSA) is 280 Å². The number of para-hydroxylation sites is 1. The Kier molecular flexibility index (Phi) is 45.1. The van der Waals surface area contributed by atoms with Gasteiger partial charge in [-0.15, -0.1) is 0 Å². The summed E-state index contributed by atoms with van der Waals surface area (Å²) in [6.45, 7) is 54.5. The first-order valence-corrected chi connectivity index (χ1v) is 47.6. The number of hydrogen-bond acceptors (Lipinski definition) is 18. The summed E-state index contributed by atoms with van der Waals surface area (Å²) in [4.78, 5) is 159. The zero-order valence-electron chi connectivity index (χ0n) is 83.7. The third kappa shape index (κ3) is 29.8. The quantitative estimate of drug-likeness (QED) is 0.0409. The number of benzene rings is 1. The molecule has 16 atom stereocenters. The molecule has 6 aliphatic heterocycles. The molecule has 0 N–H and O–H groups in total. The third-order valence-corrected chi connectivity index (χ3v) is 28.3. The number of ether oxygens (including phenoxy) is 6. The smallest absolute Gasteiger partial charge is 0.310 e. The maximum absolute atomic E-state index is 13.7. The van der Waals surface area contributed by atoms with E-state index in [2.05, 4.69) is 108 Å². The van der Waals surface area contributed by atoms with E-state index in [1.165, 1.54) is 67.5 Å². The van der Waals surface area contributed by atoms with Crippen molar-refractivity contribution in [2.45, 2.75) is 362 Å². The molecule has 3 unspecified atom stereocenters. The summed E-state index contributed by atoms with van der Waals surface area (Å²) in [6.07, 6.45) is 13.6. The number of likely N-dealkylation sites (tertiary alicyclic amines) is 5. The monoisotopic (exact) mass is 1770 g/mol. The van der Waals surface area contributed by atoms with E-state index < -0.39 is 18.1 Å². The second-order valence-corrected chi connectivity index (χ2v) is 41.5. The first-order valence-electron chi connectivity index (χ1n) is 47.6. The van der Waals surface area contributed by atoms with E-state index in [4.69, 9.17) is 18.9 Å². The highest BCUT2D eigenvalue weighted by Crippen LogP contribution is 2.48. The van der Waals surface area contributed by atoms with Gasteiger partial charge < -0.3 is 57.8 Å². The van der Waals surface area contributed by atoms with Gasteiger partial charge in [0.2, 0.25) is 29.5 Å². The van der Waals surface area contributed by atoms with E-state index in [-0.39, 0.29) is 193 Å². The number of halogens is 1. The summed E-state index contributed by atoms with van der Waals surface area (Å²) in [7, 11) is 8.19. The van der Waals surface area contributed by atoms with Crippen LogP contribution in [-0.4, -0.2) is 212 Å². The molecule has 25 heteroatoms. The highest BCUT2D eigenvalue weighted by atomic mass is 19.1. The van der Waals surface area contributed by atoms with Crippen LogP contribution in [0.15, 0.2) is 35.4 Å². The minimum Gasteiger partial charge on any atom is -0.469 e. The molecule has 5 saturated heterocycles. The van der Waals surface area contributed by atoms with Crippen LogP contribution in [0.4, 0.5) is 10.1 Å². The van der Waals surface area contributed by atoms with Crippen molar-refractivity contribution >= 4 is 76.9 Å².